The van der Waals surface area contributed by atoms with Crippen molar-refractivity contribution < 1.29 is 9.59 Å². The maximum absolute atomic E-state index is 12.5. The van der Waals surface area contributed by atoms with Crippen molar-refractivity contribution >= 4 is 28.8 Å². The molecular formula is C20H21N5O3S. The van der Waals surface area contributed by atoms with E-state index < -0.39 is 5.92 Å². The Morgan fingerprint density at radius 3 is 2.72 bits per heavy atom. The Hall–Kier alpha value is -3.20. The molecule has 2 aromatic heterocycles. The molecule has 1 saturated heterocycles. The first-order valence-corrected chi connectivity index (χ1v) is 10.2. The summed E-state index contributed by atoms with van der Waals surface area (Å²) < 4.78 is 2.85. The van der Waals surface area contributed by atoms with Gasteiger partial charge in [0.1, 0.15) is 0 Å². The maximum atomic E-state index is 12.5. The molecule has 0 radical (unpaired) electrons. The van der Waals surface area contributed by atoms with Gasteiger partial charge in [-0.15, -0.1) is 16.4 Å². The molecule has 1 aliphatic rings. The van der Waals surface area contributed by atoms with Crippen LogP contribution in [-0.2, 0) is 23.2 Å². The van der Waals surface area contributed by atoms with Crippen molar-refractivity contribution in [3.63, 3.8) is 0 Å². The van der Waals surface area contributed by atoms with E-state index in [1.807, 2.05) is 47.8 Å². The highest BCUT2D eigenvalue weighted by Gasteiger charge is 2.34. The number of anilines is 1. The van der Waals surface area contributed by atoms with Crippen LogP contribution in [0.4, 0.5) is 5.69 Å². The lowest BCUT2D eigenvalue weighted by Gasteiger charge is -2.16. The summed E-state index contributed by atoms with van der Waals surface area (Å²) in [6, 6.07) is 13.2. The first-order valence-electron chi connectivity index (χ1n) is 9.35. The number of carbonyl (C=O) groups is 2. The molecule has 1 N–H and O–H groups in total. The number of thiophene rings is 1. The average molecular weight is 411 g/mol. The molecule has 1 aromatic carbocycles. The van der Waals surface area contributed by atoms with Crippen LogP contribution in [0.25, 0.3) is 10.7 Å². The quantitative estimate of drug-likeness (QED) is 0.665. The van der Waals surface area contributed by atoms with Gasteiger partial charge < -0.3 is 10.2 Å². The molecule has 4 rings (SSSR count). The second kappa shape index (κ2) is 8.04. The van der Waals surface area contributed by atoms with Crippen LogP contribution in [0, 0.1) is 5.92 Å². The van der Waals surface area contributed by atoms with Crippen LogP contribution < -0.4 is 15.9 Å². The van der Waals surface area contributed by atoms with E-state index >= 15 is 0 Å². The molecule has 1 fully saturated rings. The molecule has 1 unspecified atom stereocenters. The molecule has 0 aliphatic carbocycles. The number of rotatable bonds is 6. The molecule has 1 aliphatic heterocycles. The summed E-state index contributed by atoms with van der Waals surface area (Å²) in [6.45, 7) is 0.906. The Balaban J connectivity index is 1.35. The summed E-state index contributed by atoms with van der Waals surface area (Å²) in [7, 11) is 1.68. The number of nitrogens with one attached hydrogen (secondary N) is 1. The number of hydrogen-bond acceptors (Lipinski definition) is 5. The molecule has 3 heterocycles. The van der Waals surface area contributed by atoms with E-state index in [1.54, 1.807) is 11.9 Å². The van der Waals surface area contributed by atoms with E-state index in [1.165, 1.54) is 20.6 Å². The maximum Gasteiger partial charge on any atom is 0.346 e. The van der Waals surface area contributed by atoms with Crippen molar-refractivity contribution in [1.82, 2.24) is 19.7 Å². The van der Waals surface area contributed by atoms with Crippen molar-refractivity contribution in [2.24, 2.45) is 13.0 Å². The van der Waals surface area contributed by atoms with Gasteiger partial charge in [-0.25, -0.2) is 9.48 Å². The molecular weight excluding hydrogens is 390 g/mol. The Morgan fingerprint density at radius 2 is 2.00 bits per heavy atom. The van der Waals surface area contributed by atoms with E-state index in [-0.39, 0.29) is 37.0 Å². The van der Waals surface area contributed by atoms with Crippen LogP contribution in [0.2, 0.25) is 0 Å². The average Bonchev–Trinajstić information content (AvgIpc) is 3.45. The monoisotopic (exact) mass is 411 g/mol. The number of benzene rings is 1. The highest BCUT2D eigenvalue weighted by molar-refractivity contribution is 7.13. The third kappa shape index (κ3) is 3.86. The number of aromatic nitrogens is 3. The predicted molar refractivity (Wildman–Crippen MR) is 111 cm³/mol. The minimum absolute atomic E-state index is 0.0575. The summed E-state index contributed by atoms with van der Waals surface area (Å²) in [6.07, 6.45) is 0.187. The van der Waals surface area contributed by atoms with Crippen LogP contribution in [0.5, 0.6) is 0 Å². The molecule has 9 heteroatoms. The van der Waals surface area contributed by atoms with Gasteiger partial charge in [-0.3, -0.25) is 14.2 Å². The van der Waals surface area contributed by atoms with Gasteiger partial charge in [-0.2, -0.15) is 0 Å². The molecule has 3 aromatic rings. The molecule has 1 atom stereocenters. The summed E-state index contributed by atoms with van der Waals surface area (Å²) in [5.74, 6) is -0.0295. The van der Waals surface area contributed by atoms with Gasteiger partial charge in [0.2, 0.25) is 11.8 Å². The third-order valence-corrected chi connectivity index (χ3v) is 5.83. The molecule has 0 bridgehead atoms. The Morgan fingerprint density at radius 1 is 1.21 bits per heavy atom. The largest absolute Gasteiger partial charge is 0.354 e. The van der Waals surface area contributed by atoms with Crippen molar-refractivity contribution in [2.45, 2.75) is 13.0 Å². The molecule has 0 spiro atoms. The summed E-state index contributed by atoms with van der Waals surface area (Å²) in [5.41, 5.74) is 0.572. The number of hydrogen-bond donors (Lipinski definition) is 1. The predicted octanol–water partition coefficient (Wildman–Crippen LogP) is 1.48. The van der Waals surface area contributed by atoms with Crippen LogP contribution in [0.1, 0.15) is 6.42 Å². The lowest BCUT2D eigenvalue weighted by molar-refractivity contribution is -0.126. The highest BCUT2D eigenvalue weighted by Crippen LogP contribution is 2.25. The molecule has 2 amide bonds. The van der Waals surface area contributed by atoms with E-state index in [9.17, 15) is 14.4 Å². The van der Waals surface area contributed by atoms with Gasteiger partial charge in [0, 0.05) is 32.2 Å². The highest BCUT2D eigenvalue weighted by atomic mass is 32.1. The number of amides is 2. The van der Waals surface area contributed by atoms with E-state index in [0.29, 0.717) is 12.4 Å². The van der Waals surface area contributed by atoms with E-state index in [0.717, 1.165) is 10.6 Å². The first-order chi connectivity index (χ1) is 14.0. The standard InChI is InChI=1S/C20H21N5O3S/c1-23-18(16-8-5-11-29-16)22-25(20(23)28)10-9-21-19(27)14-12-17(26)24(13-14)15-6-3-2-4-7-15/h2-8,11,14H,9-10,12-13H2,1H3,(H,21,27). The number of nitrogens with zero attached hydrogens (tertiary/aromatic N) is 4. The van der Waals surface area contributed by atoms with Gasteiger partial charge in [0.15, 0.2) is 5.82 Å². The molecule has 8 nitrogen and oxygen atoms in total. The fraction of sp³-hybridized carbons (Fsp3) is 0.300. The number of carbonyl (C=O) groups excluding carboxylic acids is 2. The first kappa shape index (κ1) is 19.1. The zero-order valence-corrected chi connectivity index (χ0v) is 16.8. The minimum atomic E-state index is -0.398. The van der Waals surface area contributed by atoms with Gasteiger partial charge in [-0.05, 0) is 23.6 Å². The Bertz CT molecular complexity index is 1070. The fourth-order valence-electron chi connectivity index (χ4n) is 3.42. The molecule has 0 saturated carbocycles. The lowest BCUT2D eigenvalue weighted by Crippen LogP contribution is -2.36. The molecule has 29 heavy (non-hydrogen) atoms. The van der Waals surface area contributed by atoms with Gasteiger partial charge in [0.25, 0.3) is 0 Å². The third-order valence-electron chi connectivity index (χ3n) is 4.97. The van der Waals surface area contributed by atoms with Crippen molar-refractivity contribution in [2.75, 3.05) is 18.0 Å². The summed E-state index contributed by atoms with van der Waals surface area (Å²) >= 11 is 1.51. The van der Waals surface area contributed by atoms with Crippen LogP contribution in [0.3, 0.4) is 0 Å². The van der Waals surface area contributed by atoms with Crippen molar-refractivity contribution in [3.8, 4) is 10.7 Å². The van der Waals surface area contributed by atoms with Crippen LogP contribution in [-0.4, -0.2) is 39.3 Å². The Labute approximate surface area is 171 Å². The normalized spacial score (nSPS) is 16.4. The fourth-order valence-corrected chi connectivity index (χ4v) is 4.17. The SMILES string of the molecule is Cn1c(-c2cccs2)nn(CCNC(=O)C2CC(=O)N(c3ccccc3)C2)c1=O. The van der Waals surface area contributed by atoms with Gasteiger partial charge in [0.05, 0.1) is 17.3 Å². The summed E-state index contributed by atoms with van der Waals surface area (Å²) in [5, 5.41) is 9.14. The van der Waals surface area contributed by atoms with Crippen LogP contribution in [0.15, 0.2) is 52.6 Å². The van der Waals surface area contributed by atoms with Crippen molar-refractivity contribution in [1.29, 1.82) is 0 Å². The van der Waals surface area contributed by atoms with Crippen LogP contribution >= 0.6 is 11.3 Å². The lowest BCUT2D eigenvalue weighted by atomic mass is 10.1. The Kier molecular flexibility index (Phi) is 5.30. The zero-order valence-electron chi connectivity index (χ0n) is 15.9. The number of para-hydroxylation sites is 1. The second-order valence-corrected chi connectivity index (χ2v) is 7.85. The second-order valence-electron chi connectivity index (χ2n) is 6.90. The summed E-state index contributed by atoms with van der Waals surface area (Å²) in [4.78, 5) is 39.7. The topological polar surface area (TPSA) is 89.2 Å². The smallest absolute Gasteiger partial charge is 0.346 e. The zero-order chi connectivity index (χ0) is 20.4. The van der Waals surface area contributed by atoms with Gasteiger partial charge in [-0.1, -0.05) is 24.3 Å². The minimum Gasteiger partial charge on any atom is -0.354 e. The van der Waals surface area contributed by atoms with E-state index in [2.05, 4.69) is 10.4 Å². The van der Waals surface area contributed by atoms with E-state index in [4.69, 9.17) is 0 Å². The molecule has 150 valence electrons. The van der Waals surface area contributed by atoms with Crippen molar-refractivity contribution in [3.05, 3.63) is 58.3 Å². The van der Waals surface area contributed by atoms with Gasteiger partial charge >= 0.3 is 5.69 Å².